The summed E-state index contributed by atoms with van der Waals surface area (Å²) in [5.74, 6) is 0.0602. The zero-order chi connectivity index (χ0) is 16.5. The Bertz CT molecular complexity index is 586. The predicted octanol–water partition coefficient (Wildman–Crippen LogP) is 3.63. The fourth-order valence-corrected chi connectivity index (χ4v) is 2.44. The summed E-state index contributed by atoms with van der Waals surface area (Å²) in [6.07, 6.45) is 0.0315. The monoisotopic (exact) mass is 323 g/mol. The highest BCUT2D eigenvalue weighted by atomic mass is 35.5. The van der Waals surface area contributed by atoms with Crippen LogP contribution in [0.2, 0.25) is 5.02 Å². The SMILES string of the molecule is Cc1cc(CC(=O)C2CN(C(=O)OC(C)(C)C)C2)ccc1Cl. The number of benzene rings is 1. The molecule has 1 aromatic carbocycles. The third kappa shape index (κ3) is 4.23. The van der Waals surface area contributed by atoms with Gasteiger partial charge in [-0.05, 0) is 44.9 Å². The number of likely N-dealkylation sites (tertiary alicyclic amines) is 1. The molecule has 120 valence electrons. The number of carbonyl (C=O) groups excluding carboxylic acids is 2. The molecule has 22 heavy (non-hydrogen) atoms. The molecule has 5 heteroatoms. The summed E-state index contributed by atoms with van der Waals surface area (Å²) in [7, 11) is 0. The van der Waals surface area contributed by atoms with Crippen LogP contribution >= 0.6 is 11.6 Å². The number of Topliss-reactive ketones (excluding diaryl/α,β-unsaturated/α-hetero) is 1. The van der Waals surface area contributed by atoms with Crippen molar-refractivity contribution in [3.63, 3.8) is 0 Å². The van der Waals surface area contributed by atoms with Crippen molar-refractivity contribution in [2.24, 2.45) is 5.92 Å². The standard InChI is InChI=1S/C17H22ClNO3/c1-11-7-12(5-6-14(11)18)8-15(20)13-9-19(10-13)16(21)22-17(2,3)4/h5-7,13H,8-10H2,1-4H3. The number of hydrogen-bond acceptors (Lipinski definition) is 3. The molecule has 1 amide bonds. The fourth-order valence-electron chi connectivity index (χ4n) is 2.32. The second-order valence-electron chi connectivity index (χ2n) is 6.81. The number of hydrogen-bond donors (Lipinski definition) is 0. The lowest BCUT2D eigenvalue weighted by atomic mass is 9.91. The molecule has 1 aliphatic rings. The van der Waals surface area contributed by atoms with Crippen molar-refractivity contribution >= 4 is 23.5 Å². The molecule has 0 radical (unpaired) electrons. The summed E-state index contributed by atoms with van der Waals surface area (Å²) < 4.78 is 5.28. The van der Waals surface area contributed by atoms with E-state index >= 15 is 0 Å². The third-order valence-electron chi connectivity index (χ3n) is 3.59. The minimum absolute atomic E-state index is 0.0940. The van der Waals surface area contributed by atoms with Gasteiger partial charge in [0.2, 0.25) is 0 Å². The first-order chi connectivity index (χ1) is 10.2. The lowest BCUT2D eigenvalue weighted by Gasteiger charge is -2.38. The normalized spacial score (nSPS) is 15.4. The van der Waals surface area contributed by atoms with Crippen LogP contribution < -0.4 is 0 Å². The average Bonchev–Trinajstić information content (AvgIpc) is 2.29. The van der Waals surface area contributed by atoms with E-state index in [0.29, 0.717) is 24.5 Å². The topological polar surface area (TPSA) is 46.6 Å². The molecular weight excluding hydrogens is 302 g/mol. The highest BCUT2D eigenvalue weighted by molar-refractivity contribution is 6.31. The van der Waals surface area contributed by atoms with Gasteiger partial charge in [-0.15, -0.1) is 0 Å². The molecule has 0 bridgehead atoms. The molecule has 1 aromatic rings. The first-order valence-corrected chi connectivity index (χ1v) is 7.79. The number of aryl methyl sites for hydroxylation is 1. The Morgan fingerprint density at radius 1 is 1.32 bits per heavy atom. The number of halogens is 1. The molecule has 0 aromatic heterocycles. The van der Waals surface area contributed by atoms with Gasteiger partial charge in [-0.1, -0.05) is 23.7 Å². The first kappa shape index (κ1) is 16.8. The number of carbonyl (C=O) groups is 2. The Hall–Kier alpha value is -1.55. The van der Waals surface area contributed by atoms with Crippen molar-refractivity contribution in [3.8, 4) is 0 Å². The van der Waals surface area contributed by atoms with Crippen LogP contribution in [0.4, 0.5) is 4.79 Å². The van der Waals surface area contributed by atoms with Gasteiger partial charge in [0.05, 0.1) is 5.92 Å². The molecule has 4 nitrogen and oxygen atoms in total. The van der Waals surface area contributed by atoms with E-state index in [1.165, 1.54) is 0 Å². The minimum Gasteiger partial charge on any atom is -0.444 e. The maximum atomic E-state index is 12.2. The van der Waals surface area contributed by atoms with Gasteiger partial charge < -0.3 is 9.64 Å². The van der Waals surface area contributed by atoms with E-state index in [1.54, 1.807) is 4.90 Å². The molecule has 2 rings (SSSR count). The summed E-state index contributed by atoms with van der Waals surface area (Å²) >= 11 is 5.98. The van der Waals surface area contributed by atoms with E-state index in [4.69, 9.17) is 16.3 Å². The molecule has 1 heterocycles. The average molecular weight is 324 g/mol. The van der Waals surface area contributed by atoms with Crippen molar-refractivity contribution < 1.29 is 14.3 Å². The summed E-state index contributed by atoms with van der Waals surface area (Å²) in [4.78, 5) is 25.6. The Labute approximate surface area is 136 Å². The van der Waals surface area contributed by atoms with Crippen LogP contribution in [-0.2, 0) is 16.0 Å². The molecular formula is C17H22ClNO3. The van der Waals surface area contributed by atoms with E-state index in [2.05, 4.69) is 0 Å². The van der Waals surface area contributed by atoms with Crippen LogP contribution in [0, 0.1) is 12.8 Å². The molecule has 1 fully saturated rings. The van der Waals surface area contributed by atoms with E-state index in [0.717, 1.165) is 11.1 Å². The van der Waals surface area contributed by atoms with E-state index in [9.17, 15) is 9.59 Å². The van der Waals surface area contributed by atoms with Crippen LogP contribution in [0.5, 0.6) is 0 Å². The van der Waals surface area contributed by atoms with Crippen molar-refractivity contribution in [1.82, 2.24) is 4.90 Å². The molecule has 1 aliphatic heterocycles. The van der Waals surface area contributed by atoms with Crippen molar-refractivity contribution in [1.29, 1.82) is 0 Å². The number of ether oxygens (including phenoxy) is 1. The zero-order valence-corrected chi connectivity index (χ0v) is 14.2. The van der Waals surface area contributed by atoms with Crippen molar-refractivity contribution in [3.05, 3.63) is 34.3 Å². The number of ketones is 1. The molecule has 0 atom stereocenters. The summed E-state index contributed by atoms with van der Waals surface area (Å²) in [5, 5.41) is 0.705. The molecule has 1 saturated heterocycles. The van der Waals surface area contributed by atoms with Crippen molar-refractivity contribution in [2.75, 3.05) is 13.1 Å². The fraction of sp³-hybridized carbons (Fsp3) is 0.529. The van der Waals surface area contributed by atoms with Crippen molar-refractivity contribution in [2.45, 2.75) is 39.7 Å². The molecule has 0 saturated carbocycles. The van der Waals surface area contributed by atoms with Crippen LogP contribution in [-0.4, -0.2) is 35.5 Å². The summed E-state index contributed by atoms with van der Waals surface area (Å²) in [6, 6.07) is 5.62. The van der Waals surface area contributed by atoms with Crippen LogP contribution in [0.25, 0.3) is 0 Å². The first-order valence-electron chi connectivity index (χ1n) is 7.41. The second-order valence-corrected chi connectivity index (χ2v) is 7.22. The molecule has 0 N–H and O–H groups in total. The Balaban J connectivity index is 1.84. The highest BCUT2D eigenvalue weighted by Gasteiger charge is 2.37. The second kappa shape index (κ2) is 6.29. The maximum Gasteiger partial charge on any atom is 0.410 e. The summed E-state index contributed by atoms with van der Waals surface area (Å²) in [6.45, 7) is 8.30. The molecule has 0 aliphatic carbocycles. The molecule has 0 spiro atoms. The van der Waals surface area contributed by atoms with Gasteiger partial charge in [-0.25, -0.2) is 4.79 Å². The number of nitrogens with zero attached hydrogens (tertiary/aromatic N) is 1. The quantitative estimate of drug-likeness (QED) is 0.853. The van der Waals surface area contributed by atoms with Gasteiger partial charge in [0.15, 0.2) is 0 Å². The largest absolute Gasteiger partial charge is 0.444 e. The van der Waals surface area contributed by atoms with Crippen LogP contribution in [0.3, 0.4) is 0 Å². The molecule has 0 unspecified atom stereocenters. The van der Waals surface area contributed by atoms with Gasteiger partial charge in [0, 0.05) is 24.5 Å². The summed E-state index contributed by atoms with van der Waals surface area (Å²) in [5.41, 5.74) is 1.42. The van der Waals surface area contributed by atoms with Gasteiger partial charge >= 0.3 is 6.09 Å². The Morgan fingerprint density at radius 3 is 2.50 bits per heavy atom. The van der Waals surface area contributed by atoms with Gasteiger partial charge in [0.25, 0.3) is 0 Å². The van der Waals surface area contributed by atoms with Gasteiger partial charge in [-0.3, -0.25) is 4.79 Å². The lowest BCUT2D eigenvalue weighted by molar-refractivity contribution is -0.126. The Kier molecular flexibility index (Phi) is 4.81. The van der Waals surface area contributed by atoms with Gasteiger partial charge in [-0.2, -0.15) is 0 Å². The van der Waals surface area contributed by atoms with E-state index in [1.807, 2.05) is 45.9 Å². The third-order valence-corrected chi connectivity index (χ3v) is 4.01. The maximum absolute atomic E-state index is 12.2. The van der Waals surface area contributed by atoms with Crippen LogP contribution in [0.1, 0.15) is 31.9 Å². The number of rotatable bonds is 3. The number of amides is 1. The zero-order valence-electron chi connectivity index (χ0n) is 13.5. The van der Waals surface area contributed by atoms with Crippen LogP contribution in [0.15, 0.2) is 18.2 Å². The predicted molar refractivity (Wildman–Crippen MR) is 86.2 cm³/mol. The van der Waals surface area contributed by atoms with E-state index in [-0.39, 0.29) is 17.8 Å². The highest BCUT2D eigenvalue weighted by Crippen LogP contribution is 2.23. The van der Waals surface area contributed by atoms with Gasteiger partial charge in [0.1, 0.15) is 11.4 Å². The lowest BCUT2D eigenvalue weighted by Crippen LogP contribution is -2.54. The minimum atomic E-state index is -0.507. The van der Waals surface area contributed by atoms with E-state index < -0.39 is 5.60 Å². The Morgan fingerprint density at radius 2 is 1.95 bits per heavy atom. The smallest absolute Gasteiger partial charge is 0.410 e.